The normalized spacial score (nSPS) is 20.1. The van der Waals surface area contributed by atoms with E-state index in [1.807, 2.05) is 25.7 Å². The molecule has 2 aliphatic rings. The van der Waals surface area contributed by atoms with Gasteiger partial charge in [-0.3, -0.25) is 14.8 Å². The molecule has 1 aromatic heterocycles. The first kappa shape index (κ1) is 19.4. The zero-order valence-electron chi connectivity index (χ0n) is 16.3. The van der Waals surface area contributed by atoms with Crippen molar-refractivity contribution in [2.75, 3.05) is 13.1 Å². The van der Waals surface area contributed by atoms with Gasteiger partial charge >= 0.3 is 0 Å². The van der Waals surface area contributed by atoms with Gasteiger partial charge in [-0.25, -0.2) is 0 Å². The van der Waals surface area contributed by atoms with Gasteiger partial charge in [-0.15, -0.1) is 6.42 Å². The van der Waals surface area contributed by atoms with Gasteiger partial charge in [-0.05, 0) is 45.2 Å². The molecule has 1 amide bonds. The Labute approximate surface area is 166 Å². The molecule has 0 saturated carbocycles. The van der Waals surface area contributed by atoms with Crippen LogP contribution in [-0.2, 0) is 17.9 Å². The summed E-state index contributed by atoms with van der Waals surface area (Å²) in [7, 11) is 0. The number of aromatic nitrogens is 1. The summed E-state index contributed by atoms with van der Waals surface area (Å²) in [5.41, 5.74) is 5.63. The van der Waals surface area contributed by atoms with Crippen LogP contribution < -0.4 is 0 Å². The highest BCUT2D eigenvalue weighted by Crippen LogP contribution is 2.32. The molecule has 3 rings (SSSR count). The van der Waals surface area contributed by atoms with Crippen molar-refractivity contribution in [2.24, 2.45) is 10.9 Å². The third-order valence-electron chi connectivity index (χ3n) is 5.44. The minimum Gasteiger partial charge on any atom is -0.373 e. The Bertz CT molecular complexity index is 881. The number of halogens is 1. The Morgan fingerprint density at radius 2 is 2.07 bits per heavy atom. The van der Waals surface area contributed by atoms with Gasteiger partial charge in [0.25, 0.3) is 0 Å². The van der Waals surface area contributed by atoms with Crippen molar-refractivity contribution in [3.05, 3.63) is 39.4 Å². The van der Waals surface area contributed by atoms with Crippen LogP contribution in [0.25, 0.3) is 0 Å². The number of amides is 1. The number of rotatable bonds is 3. The molecule has 3 heterocycles. The third-order valence-corrected chi connectivity index (χ3v) is 6.00. The number of likely N-dealkylation sites (tertiary alicyclic amines) is 1. The first-order valence-electron chi connectivity index (χ1n) is 9.17. The number of pyridine rings is 1. The predicted molar refractivity (Wildman–Crippen MR) is 108 cm³/mol. The molecule has 142 valence electrons. The van der Waals surface area contributed by atoms with Crippen LogP contribution >= 0.6 is 11.6 Å². The van der Waals surface area contributed by atoms with Crippen LogP contribution in [0.5, 0.6) is 0 Å². The lowest BCUT2D eigenvalue weighted by molar-refractivity contribution is -0.135. The summed E-state index contributed by atoms with van der Waals surface area (Å²) < 4.78 is 0. The van der Waals surface area contributed by atoms with Gasteiger partial charge in [0.15, 0.2) is 0 Å². The molecule has 1 aromatic rings. The summed E-state index contributed by atoms with van der Waals surface area (Å²) in [5.74, 6) is 2.70. The van der Waals surface area contributed by atoms with Crippen molar-refractivity contribution in [3.63, 3.8) is 0 Å². The molecule has 1 saturated heterocycles. The van der Waals surface area contributed by atoms with Gasteiger partial charge < -0.3 is 9.80 Å². The van der Waals surface area contributed by atoms with Crippen LogP contribution in [0.3, 0.4) is 0 Å². The molecule has 0 radical (unpaired) electrons. The lowest BCUT2D eigenvalue weighted by Crippen LogP contribution is -2.33. The molecule has 5 nitrogen and oxygen atoms in total. The Hall–Kier alpha value is -2.32. The molecule has 0 spiro atoms. The first-order chi connectivity index (χ1) is 12.8. The van der Waals surface area contributed by atoms with Gasteiger partial charge in [-0.2, -0.15) is 0 Å². The van der Waals surface area contributed by atoms with E-state index in [2.05, 4.69) is 20.8 Å². The zero-order valence-corrected chi connectivity index (χ0v) is 17.1. The molecule has 1 unspecified atom stereocenters. The van der Waals surface area contributed by atoms with E-state index in [1.165, 1.54) is 0 Å². The number of aryl methyl sites for hydroxylation is 1. The van der Waals surface area contributed by atoms with Crippen molar-refractivity contribution in [3.8, 4) is 12.3 Å². The zero-order chi connectivity index (χ0) is 19.7. The van der Waals surface area contributed by atoms with E-state index in [0.717, 1.165) is 41.2 Å². The smallest absolute Gasteiger partial charge is 0.228 e. The van der Waals surface area contributed by atoms with E-state index in [9.17, 15) is 4.79 Å². The van der Waals surface area contributed by atoms with E-state index in [-0.39, 0.29) is 11.8 Å². The van der Waals surface area contributed by atoms with Crippen molar-refractivity contribution in [2.45, 2.75) is 47.2 Å². The van der Waals surface area contributed by atoms with Gasteiger partial charge in [0.1, 0.15) is 0 Å². The fraction of sp³-hybridized carbons (Fsp3) is 0.476. The molecule has 6 heteroatoms. The van der Waals surface area contributed by atoms with Crippen LogP contribution in [-0.4, -0.2) is 39.5 Å². The average Bonchev–Trinajstić information content (AvgIpc) is 3.30. The molecule has 27 heavy (non-hydrogen) atoms. The van der Waals surface area contributed by atoms with Crippen LogP contribution in [0.4, 0.5) is 0 Å². The van der Waals surface area contributed by atoms with Crippen LogP contribution in [0.15, 0.2) is 16.9 Å². The third kappa shape index (κ3) is 3.86. The number of allylic oxidation sites excluding steroid dienone is 1. The summed E-state index contributed by atoms with van der Waals surface area (Å²) >= 11 is 6.33. The maximum Gasteiger partial charge on any atom is 0.228 e. The molecule has 2 aliphatic heterocycles. The highest BCUT2D eigenvalue weighted by molar-refractivity contribution is 6.32. The van der Waals surface area contributed by atoms with Gasteiger partial charge in [0.2, 0.25) is 5.91 Å². The lowest BCUT2D eigenvalue weighted by Gasteiger charge is -2.21. The first-order valence-corrected chi connectivity index (χ1v) is 9.55. The monoisotopic (exact) mass is 384 g/mol. The minimum absolute atomic E-state index is 0.00255. The average molecular weight is 385 g/mol. The van der Waals surface area contributed by atoms with Crippen molar-refractivity contribution in [1.82, 2.24) is 14.8 Å². The summed E-state index contributed by atoms with van der Waals surface area (Å²) in [4.78, 5) is 26.0. The second-order valence-electron chi connectivity index (χ2n) is 7.32. The number of nitrogens with zero attached hydrogens (tertiary/aromatic N) is 4. The topological polar surface area (TPSA) is 48.8 Å². The maximum atomic E-state index is 13.0. The summed E-state index contributed by atoms with van der Waals surface area (Å²) in [6, 6.07) is 0. The number of aliphatic imine (C=N–C) groups is 1. The van der Waals surface area contributed by atoms with Crippen molar-refractivity contribution in [1.29, 1.82) is 0 Å². The molecular weight excluding hydrogens is 360 g/mol. The number of carbonyl (C=O) groups is 1. The second-order valence-corrected chi connectivity index (χ2v) is 7.69. The Morgan fingerprint density at radius 1 is 1.33 bits per heavy atom. The highest BCUT2D eigenvalue weighted by Gasteiger charge is 2.35. The quantitative estimate of drug-likeness (QED) is 0.592. The number of terminal acetylenes is 1. The highest BCUT2D eigenvalue weighted by atomic mass is 35.5. The van der Waals surface area contributed by atoms with Crippen molar-refractivity contribution < 1.29 is 4.79 Å². The minimum atomic E-state index is -0.00255. The van der Waals surface area contributed by atoms with Gasteiger partial charge in [-0.1, -0.05) is 17.5 Å². The van der Waals surface area contributed by atoms with E-state index in [4.69, 9.17) is 18.0 Å². The van der Waals surface area contributed by atoms with Crippen LogP contribution in [0.1, 0.15) is 42.8 Å². The van der Waals surface area contributed by atoms with E-state index in [0.29, 0.717) is 30.4 Å². The largest absolute Gasteiger partial charge is 0.373 e. The number of hydrogen-bond acceptors (Lipinski definition) is 4. The standard InChI is InChI=1S/C21H25ClN4O/c1-6-13(2)23-9-14(3)25-8-7-17(10-25)21(27)26-11-18-15(4)20(22)16(5)24-19(18)12-26/h1,9,17H,7-8,10-12H2,2-5H3/b14-9+,23-13?. The van der Waals surface area contributed by atoms with E-state index >= 15 is 0 Å². The number of hydrogen-bond donors (Lipinski definition) is 0. The summed E-state index contributed by atoms with van der Waals surface area (Å²) in [5, 5.41) is 0.707. The molecular formula is C21H25ClN4O. The maximum absolute atomic E-state index is 13.0. The molecule has 1 fully saturated rings. The number of fused-ring (bicyclic) bond motifs is 1. The van der Waals surface area contributed by atoms with Crippen LogP contribution in [0, 0.1) is 32.1 Å². The second kappa shape index (κ2) is 7.74. The molecule has 1 atom stereocenters. The molecule has 0 aromatic carbocycles. The lowest BCUT2D eigenvalue weighted by atomic mass is 10.1. The predicted octanol–water partition coefficient (Wildman–Crippen LogP) is 3.47. The van der Waals surface area contributed by atoms with E-state index in [1.54, 1.807) is 13.1 Å². The van der Waals surface area contributed by atoms with E-state index < -0.39 is 0 Å². The van der Waals surface area contributed by atoms with Crippen LogP contribution in [0.2, 0.25) is 5.02 Å². The SMILES string of the molecule is C#CC(C)=N/C=C(\C)N1CCC(C(=O)N2Cc3nc(C)c(Cl)c(C)c3C2)C1. The summed E-state index contributed by atoms with van der Waals surface area (Å²) in [6.45, 7) is 10.5. The number of carbonyl (C=O) groups excluding carboxylic acids is 1. The fourth-order valence-electron chi connectivity index (χ4n) is 3.71. The van der Waals surface area contributed by atoms with Gasteiger partial charge in [0.05, 0.1) is 34.6 Å². The molecule has 0 N–H and O–H groups in total. The molecule has 0 bridgehead atoms. The van der Waals surface area contributed by atoms with Gasteiger partial charge in [0, 0.05) is 31.5 Å². The summed E-state index contributed by atoms with van der Waals surface area (Å²) in [6.07, 6.45) is 7.95. The Kier molecular flexibility index (Phi) is 5.57. The fourth-order valence-corrected chi connectivity index (χ4v) is 3.87. The van der Waals surface area contributed by atoms with Crippen molar-refractivity contribution >= 4 is 23.2 Å². The Balaban J connectivity index is 1.67. The Morgan fingerprint density at radius 3 is 2.78 bits per heavy atom. The molecule has 0 aliphatic carbocycles.